The zero-order valence-electron chi connectivity index (χ0n) is 9.29. The minimum atomic E-state index is -0.00315. The highest BCUT2D eigenvalue weighted by Crippen LogP contribution is 2.27. The van der Waals surface area contributed by atoms with E-state index in [-0.39, 0.29) is 5.91 Å². The van der Waals surface area contributed by atoms with Crippen LogP contribution in [0.3, 0.4) is 0 Å². The Labute approximate surface area is 89.7 Å². The standard InChI is InChI=1S/C11H17N3O/c1-3-9-6-10(14(2)13-9)11(15)12-7-8-4-5-8/h6,8H,3-5,7H2,1-2H3,(H,12,15). The Morgan fingerprint density at radius 3 is 2.93 bits per heavy atom. The van der Waals surface area contributed by atoms with Crippen LogP contribution in [-0.2, 0) is 13.5 Å². The summed E-state index contributed by atoms with van der Waals surface area (Å²) in [7, 11) is 1.81. The lowest BCUT2D eigenvalue weighted by atomic mass is 10.3. The molecule has 1 fully saturated rings. The summed E-state index contributed by atoms with van der Waals surface area (Å²) in [5.41, 5.74) is 1.63. The fourth-order valence-electron chi connectivity index (χ4n) is 1.56. The third-order valence-corrected chi connectivity index (χ3v) is 2.77. The molecule has 0 unspecified atom stereocenters. The van der Waals surface area contributed by atoms with Gasteiger partial charge in [-0.1, -0.05) is 6.92 Å². The van der Waals surface area contributed by atoms with E-state index in [1.54, 1.807) is 4.68 Å². The maximum absolute atomic E-state index is 11.8. The molecule has 0 atom stereocenters. The molecule has 2 rings (SSSR count). The van der Waals surface area contributed by atoms with Crippen molar-refractivity contribution in [2.24, 2.45) is 13.0 Å². The third-order valence-electron chi connectivity index (χ3n) is 2.77. The van der Waals surface area contributed by atoms with E-state index in [9.17, 15) is 4.79 Å². The average molecular weight is 207 g/mol. The zero-order chi connectivity index (χ0) is 10.8. The van der Waals surface area contributed by atoms with E-state index in [1.807, 2.05) is 20.0 Å². The van der Waals surface area contributed by atoms with Crippen LogP contribution >= 0.6 is 0 Å². The fraction of sp³-hybridized carbons (Fsp3) is 0.636. The Bertz CT molecular complexity index is 366. The molecule has 0 saturated heterocycles. The van der Waals surface area contributed by atoms with E-state index in [0.717, 1.165) is 18.7 Å². The highest BCUT2D eigenvalue weighted by atomic mass is 16.2. The van der Waals surface area contributed by atoms with E-state index in [4.69, 9.17) is 0 Å². The number of amides is 1. The summed E-state index contributed by atoms with van der Waals surface area (Å²) in [5.74, 6) is 0.712. The number of aryl methyl sites for hydroxylation is 2. The number of hydrogen-bond acceptors (Lipinski definition) is 2. The smallest absolute Gasteiger partial charge is 0.269 e. The van der Waals surface area contributed by atoms with Gasteiger partial charge >= 0.3 is 0 Å². The van der Waals surface area contributed by atoms with Crippen molar-refractivity contribution in [3.05, 3.63) is 17.5 Å². The number of hydrogen-bond donors (Lipinski definition) is 1. The SMILES string of the molecule is CCc1cc(C(=O)NCC2CC2)n(C)n1. The molecule has 1 aliphatic rings. The van der Waals surface area contributed by atoms with Gasteiger partial charge in [-0.05, 0) is 31.2 Å². The van der Waals surface area contributed by atoms with Crippen molar-refractivity contribution in [2.75, 3.05) is 6.54 Å². The van der Waals surface area contributed by atoms with E-state index in [1.165, 1.54) is 12.8 Å². The van der Waals surface area contributed by atoms with Crippen LogP contribution in [0.2, 0.25) is 0 Å². The van der Waals surface area contributed by atoms with Gasteiger partial charge < -0.3 is 5.32 Å². The largest absolute Gasteiger partial charge is 0.350 e. The quantitative estimate of drug-likeness (QED) is 0.804. The Hall–Kier alpha value is -1.32. The first-order valence-corrected chi connectivity index (χ1v) is 5.51. The van der Waals surface area contributed by atoms with Gasteiger partial charge in [0.25, 0.3) is 5.91 Å². The Morgan fingerprint density at radius 2 is 2.40 bits per heavy atom. The van der Waals surface area contributed by atoms with Gasteiger partial charge in [-0.15, -0.1) is 0 Å². The molecule has 4 heteroatoms. The first-order valence-electron chi connectivity index (χ1n) is 5.51. The maximum atomic E-state index is 11.8. The molecule has 1 aliphatic carbocycles. The van der Waals surface area contributed by atoms with Gasteiger partial charge in [-0.25, -0.2) is 0 Å². The Morgan fingerprint density at radius 1 is 1.67 bits per heavy atom. The molecule has 0 bridgehead atoms. The molecule has 1 aromatic heterocycles. The summed E-state index contributed by atoms with van der Waals surface area (Å²) >= 11 is 0. The molecule has 0 aliphatic heterocycles. The van der Waals surface area contributed by atoms with Crippen molar-refractivity contribution in [1.82, 2.24) is 15.1 Å². The van der Waals surface area contributed by atoms with Crippen LogP contribution in [0.4, 0.5) is 0 Å². The molecular formula is C11H17N3O. The van der Waals surface area contributed by atoms with Crippen molar-refractivity contribution >= 4 is 5.91 Å². The lowest BCUT2D eigenvalue weighted by molar-refractivity contribution is 0.0942. The molecule has 1 heterocycles. The van der Waals surface area contributed by atoms with Crippen LogP contribution in [0.5, 0.6) is 0 Å². The molecule has 0 spiro atoms. The highest BCUT2D eigenvalue weighted by Gasteiger charge is 2.22. The summed E-state index contributed by atoms with van der Waals surface area (Å²) in [5, 5.41) is 7.19. The summed E-state index contributed by atoms with van der Waals surface area (Å²) < 4.78 is 1.65. The second-order valence-electron chi connectivity index (χ2n) is 4.15. The van der Waals surface area contributed by atoms with Gasteiger partial charge in [0.2, 0.25) is 0 Å². The van der Waals surface area contributed by atoms with Crippen molar-refractivity contribution in [2.45, 2.75) is 26.2 Å². The van der Waals surface area contributed by atoms with Gasteiger partial charge in [-0.3, -0.25) is 9.48 Å². The zero-order valence-corrected chi connectivity index (χ0v) is 9.29. The number of aromatic nitrogens is 2. The number of carbonyl (C=O) groups excluding carboxylic acids is 1. The summed E-state index contributed by atoms with van der Waals surface area (Å²) in [6, 6.07) is 1.86. The summed E-state index contributed by atoms with van der Waals surface area (Å²) in [4.78, 5) is 11.8. The van der Waals surface area contributed by atoms with Gasteiger partial charge in [0.1, 0.15) is 5.69 Å². The average Bonchev–Trinajstić information content (AvgIpc) is 2.97. The minimum Gasteiger partial charge on any atom is -0.350 e. The van der Waals surface area contributed by atoms with E-state index < -0.39 is 0 Å². The van der Waals surface area contributed by atoms with Gasteiger partial charge in [0, 0.05) is 13.6 Å². The second kappa shape index (κ2) is 4.04. The molecule has 82 valence electrons. The maximum Gasteiger partial charge on any atom is 0.269 e. The first kappa shape index (κ1) is 10.2. The summed E-state index contributed by atoms with van der Waals surface area (Å²) in [6.45, 7) is 2.85. The fourth-order valence-corrected chi connectivity index (χ4v) is 1.56. The number of nitrogens with one attached hydrogen (secondary N) is 1. The lowest BCUT2D eigenvalue weighted by Gasteiger charge is -2.03. The molecular weight excluding hydrogens is 190 g/mol. The molecule has 1 amide bonds. The molecule has 1 aromatic rings. The molecule has 4 nitrogen and oxygen atoms in total. The second-order valence-corrected chi connectivity index (χ2v) is 4.15. The predicted molar refractivity (Wildman–Crippen MR) is 57.6 cm³/mol. The van der Waals surface area contributed by atoms with Crippen LogP contribution in [0.1, 0.15) is 35.9 Å². The van der Waals surface area contributed by atoms with Crippen LogP contribution in [0, 0.1) is 5.92 Å². The monoisotopic (exact) mass is 207 g/mol. The molecule has 15 heavy (non-hydrogen) atoms. The Balaban J connectivity index is 1.99. The van der Waals surface area contributed by atoms with Gasteiger partial charge in [0.05, 0.1) is 5.69 Å². The number of carbonyl (C=O) groups is 1. The summed E-state index contributed by atoms with van der Waals surface area (Å²) in [6.07, 6.45) is 3.38. The van der Waals surface area contributed by atoms with Crippen molar-refractivity contribution in [3.8, 4) is 0 Å². The van der Waals surface area contributed by atoms with Crippen LogP contribution in [0.25, 0.3) is 0 Å². The van der Waals surface area contributed by atoms with Crippen LogP contribution in [0.15, 0.2) is 6.07 Å². The highest BCUT2D eigenvalue weighted by molar-refractivity contribution is 5.92. The van der Waals surface area contributed by atoms with Gasteiger partial charge in [0.15, 0.2) is 0 Å². The molecule has 1 N–H and O–H groups in total. The first-order chi connectivity index (χ1) is 7.20. The van der Waals surface area contributed by atoms with E-state index in [0.29, 0.717) is 11.6 Å². The topological polar surface area (TPSA) is 46.9 Å². The van der Waals surface area contributed by atoms with E-state index >= 15 is 0 Å². The number of nitrogens with zero attached hydrogens (tertiary/aromatic N) is 2. The Kier molecular flexibility index (Phi) is 2.75. The molecule has 0 radical (unpaired) electrons. The van der Waals surface area contributed by atoms with Crippen molar-refractivity contribution < 1.29 is 4.79 Å². The lowest BCUT2D eigenvalue weighted by Crippen LogP contribution is -2.27. The molecule has 1 saturated carbocycles. The minimum absolute atomic E-state index is 0.00315. The number of rotatable bonds is 4. The van der Waals surface area contributed by atoms with Crippen molar-refractivity contribution in [1.29, 1.82) is 0 Å². The molecule has 0 aromatic carbocycles. The predicted octanol–water partition coefficient (Wildman–Crippen LogP) is 1.12. The van der Waals surface area contributed by atoms with Gasteiger partial charge in [-0.2, -0.15) is 5.10 Å². The van der Waals surface area contributed by atoms with Crippen LogP contribution < -0.4 is 5.32 Å². The third kappa shape index (κ3) is 2.37. The van der Waals surface area contributed by atoms with E-state index in [2.05, 4.69) is 10.4 Å². The van der Waals surface area contributed by atoms with Crippen molar-refractivity contribution in [3.63, 3.8) is 0 Å². The normalized spacial score (nSPS) is 15.3. The van der Waals surface area contributed by atoms with Crippen LogP contribution in [-0.4, -0.2) is 22.2 Å².